The van der Waals surface area contributed by atoms with Gasteiger partial charge in [0.15, 0.2) is 11.5 Å². The van der Waals surface area contributed by atoms with Crippen LogP contribution in [-0.4, -0.2) is 70.2 Å². The Morgan fingerprint density at radius 2 is 1.69 bits per heavy atom. The Kier molecular flexibility index (Phi) is 15.1. The minimum Gasteiger partial charge on any atom is -0.493 e. The smallest absolute Gasteiger partial charge is 0.313 e. The molecule has 1 fully saturated rings. The topological polar surface area (TPSA) is 129 Å². The highest BCUT2D eigenvalue weighted by atomic mass is 16.5. The Morgan fingerprint density at radius 3 is 2.26 bits per heavy atom. The number of carbonyl (C=O) groups is 2. The van der Waals surface area contributed by atoms with E-state index in [1.54, 1.807) is 14.2 Å². The summed E-state index contributed by atoms with van der Waals surface area (Å²) in [6, 6.07) is 5.51. The van der Waals surface area contributed by atoms with Gasteiger partial charge >= 0.3 is 5.97 Å². The maximum atomic E-state index is 13.3. The van der Waals surface area contributed by atoms with Crippen LogP contribution >= 0.6 is 0 Å². The van der Waals surface area contributed by atoms with Crippen LogP contribution in [0.15, 0.2) is 18.2 Å². The second kappa shape index (κ2) is 17.7. The summed E-state index contributed by atoms with van der Waals surface area (Å²) in [5, 5.41) is 14.2. The summed E-state index contributed by atoms with van der Waals surface area (Å²) < 4.78 is 21.6. The molecule has 0 spiro atoms. The zero-order chi connectivity index (χ0) is 31.3. The molecule has 0 radical (unpaired) electrons. The van der Waals surface area contributed by atoms with E-state index in [0.29, 0.717) is 49.9 Å². The maximum Gasteiger partial charge on any atom is 0.313 e. The van der Waals surface area contributed by atoms with Crippen molar-refractivity contribution in [2.45, 2.75) is 91.2 Å². The van der Waals surface area contributed by atoms with E-state index >= 15 is 0 Å². The number of hydrogen-bond acceptors (Lipinski definition) is 8. The molecule has 240 valence electrons. The summed E-state index contributed by atoms with van der Waals surface area (Å²) in [5.74, 6) is 1.13. The number of nitrogens with two attached hydrogens (primary N) is 1. The molecule has 1 aromatic rings. The first-order valence-corrected chi connectivity index (χ1v) is 15.6. The minimum atomic E-state index is -0.832. The van der Waals surface area contributed by atoms with Crippen molar-refractivity contribution in [1.29, 1.82) is 0 Å². The summed E-state index contributed by atoms with van der Waals surface area (Å²) in [4.78, 5) is 25.8. The average Bonchev–Trinajstić information content (AvgIpc) is 3.46. The van der Waals surface area contributed by atoms with Crippen LogP contribution in [0.4, 0.5) is 0 Å². The molecule has 1 aromatic carbocycles. The second-order valence-corrected chi connectivity index (χ2v) is 12.6. The fraction of sp³-hybridized carbons (Fsp3) is 0.758. The Morgan fingerprint density at radius 1 is 1.00 bits per heavy atom. The van der Waals surface area contributed by atoms with Gasteiger partial charge in [0.2, 0.25) is 5.91 Å². The molecule has 1 amide bonds. The van der Waals surface area contributed by atoms with E-state index in [2.05, 4.69) is 19.2 Å². The molecule has 1 saturated carbocycles. The number of hydrogen-bond donors (Lipinski definition) is 3. The predicted molar refractivity (Wildman–Crippen MR) is 164 cm³/mol. The van der Waals surface area contributed by atoms with E-state index in [-0.39, 0.29) is 36.7 Å². The number of benzene rings is 1. The highest BCUT2D eigenvalue weighted by Crippen LogP contribution is 2.39. The molecule has 9 heteroatoms. The minimum absolute atomic E-state index is 0.00649. The molecule has 0 aliphatic heterocycles. The molecule has 42 heavy (non-hydrogen) atoms. The zero-order valence-corrected chi connectivity index (χ0v) is 26.9. The van der Waals surface area contributed by atoms with Crippen LogP contribution in [-0.2, 0) is 25.5 Å². The average molecular weight is 593 g/mol. The molecule has 4 atom stereocenters. The maximum absolute atomic E-state index is 13.3. The van der Waals surface area contributed by atoms with Crippen molar-refractivity contribution < 1.29 is 33.6 Å². The van der Waals surface area contributed by atoms with Crippen molar-refractivity contribution >= 4 is 11.9 Å². The van der Waals surface area contributed by atoms with Crippen LogP contribution in [0.2, 0.25) is 0 Å². The molecule has 2 rings (SSSR count). The molecule has 0 aromatic heterocycles. The molecule has 4 N–H and O–H groups in total. The summed E-state index contributed by atoms with van der Waals surface area (Å²) in [5.41, 5.74) is 7.04. The third-order valence-corrected chi connectivity index (χ3v) is 8.91. The Labute approximate surface area is 253 Å². The van der Waals surface area contributed by atoms with Crippen molar-refractivity contribution in [3.8, 4) is 11.5 Å². The molecule has 0 saturated heterocycles. The van der Waals surface area contributed by atoms with Crippen molar-refractivity contribution in [2.75, 3.05) is 41.1 Å². The number of ether oxygens (including phenoxy) is 4. The fourth-order valence-corrected chi connectivity index (χ4v) is 5.97. The largest absolute Gasteiger partial charge is 0.493 e. The summed E-state index contributed by atoms with van der Waals surface area (Å²) in [6.45, 7) is 9.71. The number of carbonyl (C=O) groups excluding carboxylic acids is 2. The fourth-order valence-electron chi connectivity index (χ4n) is 5.97. The number of methoxy groups -OCH3 is 3. The van der Waals surface area contributed by atoms with Crippen LogP contribution < -0.4 is 20.5 Å². The van der Waals surface area contributed by atoms with Gasteiger partial charge in [0.25, 0.3) is 0 Å². The van der Waals surface area contributed by atoms with Crippen molar-refractivity contribution in [1.82, 2.24) is 5.32 Å². The lowest BCUT2D eigenvalue weighted by atomic mass is 9.80. The highest BCUT2D eigenvalue weighted by Gasteiger charge is 2.43. The van der Waals surface area contributed by atoms with Gasteiger partial charge in [-0.15, -0.1) is 0 Å². The van der Waals surface area contributed by atoms with E-state index in [9.17, 15) is 14.7 Å². The van der Waals surface area contributed by atoms with Crippen LogP contribution in [0.1, 0.15) is 78.2 Å². The van der Waals surface area contributed by atoms with E-state index < -0.39 is 23.5 Å². The van der Waals surface area contributed by atoms with E-state index in [1.807, 2.05) is 32.0 Å². The van der Waals surface area contributed by atoms with Crippen molar-refractivity contribution in [2.24, 2.45) is 34.8 Å². The van der Waals surface area contributed by atoms with Crippen molar-refractivity contribution in [3.63, 3.8) is 0 Å². The van der Waals surface area contributed by atoms with Gasteiger partial charge in [-0.25, -0.2) is 0 Å². The SMILES string of the molecule is COCCCOc1cc(C[C@@H](C[C@H](N)[C@@H](O)C[C@H](C(=O)NCC2(C(=O)OC)CCCC2)C(C)C)C(C)C)ccc1OC. The quantitative estimate of drug-likeness (QED) is 0.158. The monoisotopic (exact) mass is 592 g/mol. The van der Waals surface area contributed by atoms with E-state index in [0.717, 1.165) is 31.2 Å². The lowest BCUT2D eigenvalue weighted by molar-refractivity contribution is -0.152. The molecular weight excluding hydrogens is 536 g/mol. The first-order chi connectivity index (χ1) is 20.0. The first kappa shape index (κ1) is 35.8. The van der Waals surface area contributed by atoms with Crippen LogP contribution in [0.3, 0.4) is 0 Å². The van der Waals surface area contributed by atoms with E-state index in [1.165, 1.54) is 7.11 Å². The van der Waals surface area contributed by atoms with Gasteiger partial charge in [-0.2, -0.15) is 0 Å². The Bertz CT molecular complexity index is 962. The molecule has 0 unspecified atom stereocenters. The summed E-state index contributed by atoms with van der Waals surface area (Å²) >= 11 is 0. The van der Waals surface area contributed by atoms with Gasteiger partial charge in [-0.1, -0.05) is 46.6 Å². The summed E-state index contributed by atoms with van der Waals surface area (Å²) in [7, 11) is 4.70. The standard InChI is InChI=1S/C33H56N2O7/c1-22(2)25(17-24-11-12-29(40-6)30(18-24)42-16-10-15-39-5)19-27(34)28(36)20-26(23(3)4)31(37)35-21-33(32(38)41-7)13-8-9-14-33/h11-12,18,22-23,25-28,36H,8-10,13-17,19-21,34H2,1-7H3,(H,35,37)/t25-,26-,27-,28-/m0/s1. The number of amides is 1. The van der Waals surface area contributed by atoms with Crippen molar-refractivity contribution in [3.05, 3.63) is 23.8 Å². The number of nitrogens with one attached hydrogen (secondary N) is 1. The molecule has 1 aliphatic rings. The van der Waals surface area contributed by atoms with E-state index in [4.69, 9.17) is 24.7 Å². The van der Waals surface area contributed by atoms with Crippen LogP contribution in [0.25, 0.3) is 0 Å². The van der Waals surface area contributed by atoms with Gasteiger partial charge in [-0.05, 0) is 67.6 Å². The number of aliphatic hydroxyl groups excluding tert-OH is 1. The molecule has 0 bridgehead atoms. The summed E-state index contributed by atoms with van der Waals surface area (Å²) in [6.07, 6.45) is 4.94. The van der Waals surface area contributed by atoms with Gasteiger partial charge < -0.3 is 35.1 Å². The van der Waals surface area contributed by atoms with Crippen LogP contribution in [0.5, 0.6) is 11.5 Å². The Balaban J connectivity index is 2.03. The zero-order valence-electron chi connectivity index (χ0n) is 26.9. The van der Waals surface area contributed by atoms with Gasteiger partial charge in [0.1, 0.15) is 0 Å². The van der Waals surface area contributed by atoms with Gasteiger partial charge in [-0.3, -0.25) is 9.59 Å². The van der Waals surface area contributed by atoms with Gasteiger partial charge in [0, 0.05) is 38.6 Å². The Hall–Kier alpha value is -2.36. The molecule has 9 nitrogen and oxygen atoms in total. The third-order valence-electron chi connectivity index (χ3n) is 8.91. The first-order valence-electron chi connectivity index (χ1n) is 15.6. The normalized spacial score (nSPS) is 17.5. The number of esters is 1. The van der Waals surface area contributed by atoms with Crippen LogP contribution in [0, 0.1) is 29.1 Å². The molecular formula is C33H56N2O7. The third kappa shape index (κ3) is 10.4. The lowest BCUT2D eigenvalue weighted by Gasteiger charge is -2.31. The number of rotatable bonds is 19. The van der Waals surface area contributed by atoms with Gasteiger partial charge in [0.05, 0.1) is 32.3 Å². The molecule has 0 heterocycles. The predicted octanol–water partition coefficient (Wildman–Crippen LogP) is 4.52. The highest BCUT2D eigenvalue weighted by molar-refractivity contribution is 5.81. The lowest BCUT2D eigenvalue weighted by Crippen LogP contribution is -2.46. The second-order valence-electron chi connectivity index (χ2n) is 12.6. The molecule has 1 aliphatic carbocycles. The number of aliphatic hydroxyl groups is 1.